The molecule has 2 aliphatic rings. The van der Waals surface area contributed by atoms with E-state index in [4.69, 9.17) is 9.84 Å². The number of hydrogen-bond acceptors (Lipinski definition) is 5. The molecule has 1 fully saturated rings. The molecule has 1 saturated heterocycles. The van der Waals surface area contributed by atoms with Crippen molar-refractivity contribution >= 4 is 0 Å². The molecule has 0 aromatic rings. The third-order valence-electron chi connectivity index (χ3n) is 3.24. The lowest BCUT2D eigenvalue weighted by Gasteiger charge is -2.40. The van der Waals surface area contributed by atoms with Crippen LogP contribution < -0.4 is 0 Å². The highest BCUT2D eigenvalue weighted by Crippen LogP contribution is 2.28. The van der Waals surface area contributed by atoms with Crippen molar-refractivity contribution in [1.29, 1.82) is 0 Å². The average molecular weight is 242 g/mol. The van der Waals surface area contributed by atoms with Crippen LogP contribution in [-0.2, 0) is 4.74 Å². The van der Waals surface area contributed by atoms with Crippen LogP contribution in [0.1, 0.15) is 12.8 Å². The zero-order valence-electron chi connectivity index (χ0n) is 9.44. The fourth-order valence-corrected chi connectivity index (χ4v) is 2.22. The summed E-state index contributed by atoms with van der Waals surface area (Å²) in [5.74, 6) is 0. The number of ether oxygens (including phenoxy) is 1. The summed E-state index contributed by atoms with van der Waals surface area (Å²) in [4.78, 5) is 0. The molecule has 5 unspecified atom stereocenters. The zero-order chi connectivity index (χ0) is 12.4. The summed E-state index contributed by atoms with van der Waals surface area (Å²) in [6.07, 6.45) is 2.25. The first-order chi connectivity index (χ1) is 8.15. The molecule has 4 N–H and O–H groups in total. The molecule has 0 aromatic heterocycles. The van der Waals surface area contributed by atoms with E-state index in [-0.39, 0.29) is 0 Å². The van der Waals surface area contributed by atoms with Crippen LogP contribution in [0.3, 0.4) is 0 Å². The van der Waals surface area contributed by atoms with Crippen LogP contribution in [-0.4, -0.2) is 57.6 Å². The van der Waals surface area contributed by atoms with Gasteiger partial charge in [0.25, 0.3) is 0 Å². The molecule has 0 saturated carbocycles. The van der Waals surface area contributed by atoms with E-state index in [1.165, 1.54) is 0 Å². The van der Waals surface area contributed by atoms with Crippen LogP contribution in [0, 0.1) is 0 Å². The molecule has 0 radical (unpaired) electrons. The summed E-state index contributed by atoms with van der Waals surface area (Å²) in [6.45, 7) is -0.390. The Bertz CT molecular complexity index is 323. The third-order valence-corrected chi connectivity index (χ3v) is 3.24. The van der Waals surface area contributed by atoms with Gasteiger partial charge in [0.2, 0.25) is 0 Å². The van der Waals surface area contributed by atoms with Gasteiger partial charge in [0, 0.05) is 0 Å². The maximum absolute atomic E-state index is 9.88. The van der Waals surface area contributed by atoms with Gasteiger partial charge in [0.05, 0.1) is 6.61 Å². The number of allylic oxidation sites excluding steroid dienone is 2. The molecule has 1 heterocycles. The second-order valence-electron chi connectivity index (χ2n) is 4.43. The molecule has 1 aliphatic carbocycles. The van der Waals surface area contributed by atoms with Crippen LogP contribution in [0.15, 0.2) is 23.8 Å². The highest BCUT2D eigenvalue weighted by molar-refractivity contribution is 5.28. The van der Waals surface area contributed by atoms with Crippen molar-refractivity contribution in [3.05, 3.63) is 23.8 Å². The van der Waals surface area contributed by atoms with Gasteiger partial charge in [-0.25, -0.2) is 0 Å². The Labute approximate surface area is 99.7 Å². The minimum atomic E-state index is -1.30. The van der Waals surface area contributed by atoms with Crippen LogP contribution in [0.4, 0.5) is 0 Å². The molecule has 5 atom stereocenters. The Balaban J connectivity index is 2.16. The summed E-state index contributed by atoms with van der Waals surface area (Å²) in [5.41, 5.74) is 0.785. The maximum Gasteiger partial charge on any atom is 0.113 e. The van der Waals surface area contributed by atoms with Gasteiger partial charge in [0.15, 0.2) is 0 Å². The largest absolute Gasteiger partial charge is 0.394 e. The molecule has 96 valence electrons. The van der Waals surface area contributed by atoms with E-state index < -0.39 is 37.1 Å². The van der Waals surface area contributed by atoms with E-state index in [9.17, 15) is 15.3 Å². The summed E-state index contributed by atoms with van der Waals surface area (Å²) < 4.78 is 5.44. The minimum Gasteiger partial charge on any atom is -0.394 e. The van der Waals surface area contributed by atoms with E-state index in [1.807, 2.05) is 18.2 Å². The van der Waals surface area contributed by atoms with Crippen molar-refractivity contribution in [2.24, 2.45) is 0 Å². The predicted molar refractivity (Wildman–Crippen MR) is 60.2 cm³/mol. The monoisotopic (exact) mass is 242 g/mol. The number of hydrogen-bond donors (Lipinski definition) is 4. The van der Waals surface area contributed by atoms with E-state index in [2.05, 4.69) is 0 Å². The molecular weight excluding hydrogens is 224 g/mol. The maximum atomic E-state index is 9.88. The lowest BCUT2D eigenvalue weighted by Crippen LogP contribution is -2.58. The summed E-state index contributed by atoms with van der Waals surface area (Å²) >= 11 is 0. The minimum absolute atomic E-state index is 0.390. The Morgan fingerprint density at radius 1 is 1.12 bits per heavy atom. The van der Waals surface area contributed by atoms with Gasteiger partial charge in [-0.2, -0.15) is 0 Å². The summed E-state index contributed by atoms with van der Waals surface area (Å²) in [7, 11) is 0. The highest BCUT2D eigenvalue weighted by atomic mass is 16.5. The van der Waals surface area contributed by atoms with Gasteiger partial charge in [-0.3, -0.25) is 0 Å². The van der Waals surface area contributed by atoms with Gasteiger partial charge < -0.3 is 25.2 Å². The van der Waals surface area contributed by atoms with E-state index >= 15 is 0 Å². The van der Waals surface area contributed by atoms with Gasteiger partial charge >= 0.3 is 0 Å². The first kappa shape index (κ1) is 12.7. The van der Waals surface area contributed by atoms with Crippen LogP contribution in [0.25, 0.3) is 0 Å². The lowest BCUT2D eigenvalue weighted by molar-refractivity contribution is -0.218. The standard InChI is InChI=1S/C12H18O5/c13-6-8-9(14)10(15)11(16)12(17-8)7-4-2-1-3-5-7/h2,4-5,8-16H,1,3,6H2. The van der Waals surface area contributed by atoms with Gasteiger partial charge in [0.1, 0.15) is 30.5 Å². The summed E-state index contributed by atoms with van der Waals surface area (Å²) in [5, 5.41) is 38.2. The van der Waals surface area contributed by atoms with Crippen LogP contribution in [0.2, 0.25) is 0 Å². The van der Waals surface area contributed by atoms with Crippen molar-refractivity contribution in [3.8, 4) is 0 Å². The fraction of sp³-hybridized carbons (Fsp3) is 0.667. The van der Waals surface area contributed by atoms with Crippen molar-refractivity contribution in [3.63, 3.8) is 0 Å². The van der Waals surface area contributed by atoms with Gasteiger partial charge in [-0.05, 0) is 18.4 Å². The quantitative estimate of drug-likeness (QED) is 0.504. The molecule has 1 aliphatic heterocycles. The topological polar surface area (TPSA) is 90.2 Å². The predicted octanol–water partition coefficient (Wildman–Crippen LogP) is -0.895. The average Bonchev–Trinajstić information content (AvgIpc) is 2.37. The number of aliphatic hydroxyl groups is 4. The molecule has 17 heavy (non-hydrogen) atoms. The van der Waals surface area contributed by atoms with E-state index in [0.29, 0.717) is 0 Å². The van der Waals surface area contributed by atoms with Crippen molar-refractivity contribution in [2.75, 3.05) is 6.61 Å². The molecule has 0 amide bonds. The second-order valence-corrected chi connectivity index (χ2v) is 4.43. The van der Waals surface area contributed by atoms with Gasteiger partial charge in [-0.1, -0.05) is 18.2 Å². The second kappa shape index (κ2) is 5.29. The Kier molecular flexibility index (Phi) is 3.96. The third kappa shape index (κ3) is 2.43. The zero-order valence-corrected chi connectivity index (χ0v) is 9.44. The molecule has 5 nitrogen and oxygen atoms in total. The molecule has 0 aromatic carbocycles. The Morgan fingerprint density at radius 2 is 1.88 bits per heavy atom. The van der Waals surface area contributed by atoms with Crippen LogP contribution in [0.5, 0.6) is 0 Å². The number of aliphatic hydroxyl groups excluding tert-OH is 4. The first-order valence-electron chi connectivity index (χ1n) is 5.82. The molecular formula is C12H18O5. The molecule has 2 rings (SSSR count). The lowest BCUT2D eigenvalue weighted by atomic mass is 9.89. The fourth-order valence-electron chi connectivity index (χ4n) is 2.22. The Hall–Kier alpha value is -0.720. The summed E-state index contributed by atoms with van der Waals surface area (Å²) in [6, 6.07) is 0. The van der Waals surface area contributed by atoms with Crippen molar-refractivity contribution in [2.45, 2.75) is 43.4 Å². The molecule has 0 bridgehead atoms. The van der Waals surface area contributed by atoms with E-state index in [0.717, 1.165) is 18.4 Å². The van der Waals surface area contributed by atoms with Gasteiger partial charge in [-0.15, -0.1) is 0 Å². The smallest absolute Gasteiger partial charge is 0.113 e. The first-order valence-corrected chi connectivity index (χ1v) is 5.82. The van der Waals surface area contributed by atoms with Crippen molar-refractivity contribution in [1.82, 2.24) is 0 Å². The number of rotatable bonds is 2. The highest BCUT2D eigenvalue weighted by Gasteiger charge is 2.44. The molecule has 5 heteroatoms. The van der Waals surface area contributed by atoms with Crippen LogP contribution >= 0.6 is 0 Å². The Morgan fingerprint density at radius 3 is 2.47 bits per heavy atom. The molecule has 0 spiro atoms. The normalized spacial score (nSPS) is 42.4. The van der Waals surface area contributed by atoms with Crippen molar-refractivity contribution < 1.29 is 25.2 Å². The van der Waals surface area contributed by atoms with E-state index in [1.54, 1.807) is 0 Å². The SMILES string of the molecule is OCC1OC(C2=CCCC=C2)C(O)C(O)C1O.